The van der Waals surface area contributed by atoms with Gasteiger partial charge in [-0.25, -0.2) is 14.8 Å². The van der Waals surface area contributed by atoms with E-state index in [0.29, 0.717) is 12.8 Å². The Bertz CT molecular complexity index is 703. The van der Waals surface area contributed by atoms with Crippen molar-refractivity contribution in [3.63, 3.8) is 0 Å². The molecule has 3 rings (SSSR count). The van der Waals surface area contributed by atoms with Crippen molar-refractivity contribution < 1.29 is 23.4 Å². The van der Waals surface area contributed by atoms with Gasteiger partial charge in [-0.3, -0.25) is 0 Å². The molecule has 1 aliphatic carbocycles. The molecule has 0 spiro atoms. The molecule has 1 saturated carbocycles. The number of aromatic carboxylic acids is 1. The molecule has 0 unspecified atom stereocenters. The number of ether oxygens (including phenoxy) is 1. The minimum absolute atomic E-state index is 0.284. The molecule has 5 nitrogen and oxygen atoms in total. The molecule has 7 heteroatoms. The first-order valence-electron chi connectivity index (χ1n) is 6.70. The molecule has 0 amide bonds. The zero-order valence-corrected chi connectivity index (χ0v) is 11.4. The fourth-order valence-electron chi connectivity index (χ4n) is 2.01. The average molecular weight is 306 g/mol. The van der Waals surface area contributed by atoms with E-state index in [9.17, 15) is 13.6 Å². The number of aromatic nitrogens is 2. The van der Waals surface area contributed by atoms with Crippen molar-refractivity contribution in [1.29, 1.82) is 0 Å². The standard InChI is InChI=1S/C15H12F2N2O3/c16-15(17,9-6-7-9)12-13(19-11(8-18-12)14(20)21)22-10-4-2-1-3-5-10/h1-5,8-9H,6-7H2,(H,20,21). The van der Waals surface area contributed by atoms with Gasteiger partial charge in [-0.15, -0.1) is 0 Å². The molecule has 1 fully saturated rings. The SMILES string of the molecule is O=C(O)c1cnc(C(F)(F)C2CC2)c(Oc2ccccc2)n1. The summed E-state index contributed by atoms with van der Waals surface area (Å²) >= 11 is 0. The van der Waals surface area contributed by atoms with Gasteiger partial charge in [0, 0.05) is 5.92 Å². The van der Waals surface area contributed by atoms with Crippen LogP contribution in [-0.4, -0.2) is 21.0 Å². The maximum atomic E-state index is 14.3. The Morgan fingerprint density at radius 3 is 2.55 bits per heavy atom. The smallest absolute Gasteiger partial charge is 0.356 e. The van der Waals surface area contributed by atoms with Crippen molar-refractivity contribution in [2.75, 3.05) is 0 Å². The van der Waals surface area contributed by atoms with Crippen LogP contribution < -0.4 is 4.74 Å². The second-order valence-corrected chi connectivity index (χ2v) is 5.03. The molecule has 0 atom stereocenters. The molecule has 2 aromatic rings. The molecule has 1 aromatic heterocycles. The quantitative estimate of drug-likeness (QED) is 0.915. The first-order chi connectivity index (χ1) is 10.5. The van der Waals surface area contributed by atoms with Crippen molar-refractivity contribution in [1.82, 2.24) is 9.97 Å². The van der Waals surface area contributed by atoms with E-state index in [1.165, 1.54) is 0 Å². The summed E-state index contributed by atoms with van der Waals surface area (Å²) in [4.78, 5) is 18.3. The molecule has 1 N–H and O–H groups in total. The second kappa shape index (κ2) is 5.32. The lowest BCUT2D eigenvalue weighted by molar-refractivity contribution is -0.0351. The Labute approximate surface area is 124 Å². The fourth-order valence-corrected chi connectivity index (χ4v) is 2.01. The van der Waals surface area contributed by atoms with Gasteiger partial charge in [0.15, 0.2) is 11.4 Å². The third-order valence-electron chi connectivity index (χ3n) is 3.32. The van der Waals surface area contributed by atoms with Crippen LogP contribution in [0.1, 0.15) is 29.0 Å². The molecular formula is C15H12F2N2O3. The van der Waals surface area contributed by atoms with E-state index in [-0.39, 0.29) is 5.75 Å². The summed E-state index contributed by atoms with van der Waals surface area (Å²) in [7, 11) is 0. The number of alkyl halides is 2. The van der Waals surface area contributed by atoms with Gasteiger partial charge in [-0.1, -0.05) is 18.2 Å². The highest BCUT2D eigenvalue weighted by Crippen LogP contribution is 2.51. The van der Waals surface area contributed by atoms with E-state index in [0.717, 1.165) is 6.20 Å². The lowest BCUT2D eigenvalue weighted by Gasteiger charge is -2.18. The maximum Gasteiger partial charge on any atom is 0.356 e. The molecule has 0 aliphatic heterocycles. The van der Waals surface area contributed by atoms with E-state index in [2.05, 4.69) is 9.97 Å². The molecule has 1 aliphatic rings. The lowest BCUT2D eigenvalue weighted by atomic mass is 10.1. The van der Waals surface area contributed by atoms with Gasteiger partial charge in [0.1, 0.15) is 5.75 Å². The average Bonchev–Trinajstić information content (AvgIpc) is 3.33. The Balaban J connectivity index is 2.03. The second-order valence-electron chi connectivity index (χ2n) is 5.03. The minimum Gasteiger partial charge on any atom is -0.476 e. The number of benzene rings is 1. The third kappa shape index (κ3) is 2.74. The largest absolute Gasteiger partial charge is 0.476 e. The summed E-state index contributed by atoms with van der Waals surface area (Å²) in [5.74, 6) is -5.52. The van der Waals surface area contributed by atoms with Gasteiger partial charge in [0.25, 0.3) is 5.92 Å². The number of rotatable bonds is 5. The number of hydrogen-bond acceptors (Lipinski definition) is 4. The first-order valence-corrected chi connectivity index (χ1v) is 6.70. The first kappa shape index (κ1) is 14.4. The van der Waals surface area contributed by atoms with Crippen molar-refractivity contribution in [2.45, 2.75) is 18.8 Å². The minimum atomic E-state index is -3.19. The summed E-state index contributed by atoms with van der Waals surface area (Å²) in [6, 6.07) is 8.21. The summed E-state index contributed by atoms with van der Waals surface area (Å²) in [5.41, 5.74) is -1.06. The van der Waals surface area contributed by atoms with Crippen LogP contribution in [0.25, 0.3) is 0 Å². The Morgan fingerprint density at radius 2 is 1.95 bits per heavy atom. The number of carboxylic acids is 1. The number of carbonyl (C=O) groups is 1. The van der Waals surface area contributed by atoms with E-state index in [1.807, 2.05) is 0 Å². The molecule has 0 bridgehead atoms. The topological polar surface area (TPSA) is 72.3 Å². The Morgan fingerprint density at radius 1 is 1.27 bits per heavy atom. The monoisotopic (exact) mass is 306 g/mol. The number of carboxylic acid groups (broad SMARTS) is 1. The zero-order chi connectivity index (χ0) is 15.7. The van der Waals surface area contributed by atoms with E-state index in [1.54, 1.807) is 30.3 Å². The highest BCUT2D eigenvalue weighted by atomic mass is 19.3. The van der Waals surface area contributed by atoms with Crippen LogP contribution in [0.3, 0.4) is 0 Å². The van der Waals surface area contributed by atoms with Crippen molar-refractivity contribution in [3.05, 3.63) is 47.9 Å². The number of nitrogens with zero attached hydrogens (tertiary/aromatic N) is 2. The molecule has 1 heterocycles. The van der Waals surface area contributed by atoms with Crippen LogP contribution in [0.15, 0.2) is 36.5 Å². The summed E-state index contributed by atoms with van der Waals surface area (Å²) in [6.07, 6.45) is 1.63. The van der Waals surface area contributed by atoms with E-state index >= 15 is 0 Å². The van der Waals surface area contributed by atoms with Crippen molar-refractivity contribution in [3.8, 4) is 11.6 Å². The van der Waals surface area contributed by atoms with Crippen LogP contribution in [0.2, 0.25) is 0 Å². The van der Waals surface area contributed by atoms with Crippen LogP contribution in [-0.2, 0) is 5.92 Å². The molecule has 0 radical (unpaired) electrons. The van der Waals surface area contributed by atoms with Gasteiger partial charge < -0.3 is 9.84 Å². The predicted molar refractivity (Wildman–Crippen MR) is 72.1 cm³/mol. The predicted octanol–water partition coefficient (Wildman–Crippen LogP) is 3.47. The lowest BCUT2D eigenvalue weighted by Crippen LogP contribution is -2.20. The molecular weight excluding hydrogens is 294 g/mol. The summed E-state index contributed by atoms with van der Waals surface area (Å²) in [6.45, 7) is 0. The maximum absolute atomic E-state index is 14.3. The van der Waals surface area contributed by atoms with Gasteiger partial charge in [0.2, 0.25) is 5.88 Å². The Hall–Kier alpha value is -2.57. The number of para-hydroxylation sites is 1. The fraction of sp³-hybridized carbons (Fsp3) is 0.267. The normalized spacial score (nSPS) is 14.6. The van der Waals surface area contributed by atoms with Crippen LogP contribution in [0.4, 0.5) is 8.78 Å². The highest BCUT2D eigenvalue weighted by molar-refractivity contribution is 5.85. The van der Waals surface area contributed by atoms with Crippen LogP contribution in [0.5, 0.6) is 11.6 Å². The molecule has 22 heavy (non-hydrogen) atoms. The van der Waals surface area contributed by atoms with Crippen LogP contribution in [0, 0.1) is 5.92 Å². The van der Waals surface area contributed by atoms with Crippen molar-refractivity contribution >= 4 is 5.97 Å². The number of halogens is 2. The Kier molecular flexibility index (Phi) is 3.48. The van der Waals surface area contributed by atoms with E-state index < -0.39 is 35.1 Å². The van der Waals surface area contributed by atoms with E-state index in [4.69, 9.17) is 9.84 Å². The number of hydrogen-bond donors (Lipinski definition) is 1. The van der Waals surface area contributed by atoms with Gasteiger partial charge in [0.05, 0.1) is 6.20 Å². The van der Waals surface area contributed by atoms with Gasteiger partial charge in [-0.05, 0) is 25.0 Å². The van der Waals surface area contributed by atoms with Crippen molar-refractivity contribution in [2.24, 2.45) is 5.92 Å². The molecule has 0 saturated heterocycles. The highest BCUT2D eigenvalue weighted by Gasteiger charge is 2.51. The molecule has 114 valence electrons. The molecule has 1 aromatic carbocycles. The zero-order valence-electron chi connectivity index (χ0n) is 11.4. The van der Waals surface area contributed by atoms with Gasteiger partial charge in [-0.2, -0.15) is 8.78 Å². The summed E-state index contributed by atoms with van der Waals surface area (Å²) < 4.78 is 34.0. The third-order valence-corrected chi connectivity index (χ3v) is 3.32. The van der Waals surface area contributed by atoms with Gasteiger partial charge >= 0.3 is 5.97 Å². The summed E-state index contributed by atoms with van der Waals surface area (Å²) in [5, 5.41) is 8.95. The van der Waals surface area contributed by atoms with Crippen LogP contribution >= 0.6 is 0 Å².